The first kappa shape index (κ1) is 17.4. The van der Waals surface area contributed by atoms with E-state index in [-0.39, 0.29) is 24.1 Å². The first-order valence-electron chi connectivity index (χ1n) is 8.96. The molecule has 1 amide bonds. The lowest BCUT2D eigenvalue weighted by molar-refractivity contribution is -0.123. The summed E-state index contributed by atoms with van der Waals surface area (Å²) in [6, 6.07) is 9.57. The lowest BCUT2D eigenvalue weighted by atomic mass is 9.86. The molecule has 132 valence electrons. The Balaban J connectivity index is 1.67. The number of aryl methyl sites for hydroxylation is 1. The Morgan fingerprint density at radius 2 is 1.96 bits per heavy atom. The molecule has 3 rings (SSSR count). The van der Waals surface area contributed by atoms with Crippen molar-refractivity contribution in [3.63, 3.8) is 0 Å². The molecule has 0 aliphatic heterocycles. The molecule has 2 atom stereocenters. The van der Waals surface area contributed by atoms with E-state index in [2.05, 4.69) is 17.2 Å². The second kappa shape index (κ2) is 7.64. The summed E-state index contributed by atoms with van der Waals surface area (Å²) in [4.78, 5) is 28.9. The van der Waals surface area contributed by atoms with Crippen LogP contribution in [-0.2, 0) is 11.3 Å². The van der Waals surface area contributed by atoms with Gasteiger partial charge >= 0.3 is 0 Å². The number of carbonyl (C=O) groups excluding carboxylic acids is 1. The van der Waals surface area contributed by atoms with Crippen molar-refractivity contribution < 1.29 is 4.79 Å². The van der Waals surface area contributed by atoms with Gasteiger partial charge in [-0.05, 0) is 25.7 Å². The fourth-order valence-corrected chi connectivity index (χ4v) is 3.36. The number of amides is 1. The van der Waals surface area contributed by atoms with Gasteiger partial charge in [0, 0.05) is 17.7 Å². The number of nitrogens with zero attached hydrogens (tertiary/aromatic N) is 2. The quantitative estimate of drug-likeness (QED) is 0.931. The highest BCUT2D eigenvalue weighted by atomic mass is 16.2. The summed E-state index contributed by atoms with van der Waals surface area (Å²) >= 11 is 0. The number of carbonyl (C=O) groups is 1. The molecule has 5 nitrogen and oxygen atoms in total. The van der Waals surface area contributed by atoms with Gasteiger partial charge in [-0.3, -0.25) is 14.2 Å². The Labute approximate surface area is 148 Å². The largest absolute Gasteiger partial charge is 0.352 e. The van der Waals surface area contributed by atoms with Crippen molar-refractivity contribution in [3.8, 4) is 11.3 Å². The maximum atomic E-state index is 12.3. The molecule has 0 bridgehead atoms. The minimum atomic E-state index is -0.211. The van der Waals surface area contributed by atoms with Crippen molar-refractivity contribution in [2.24, 2.45) is 5.92 Å². The van der Waals surface area contributed by atoms with E-state index < -0.39 is 0 Å². The van der Waals surface area contributed by atoms with Crippen LogP contribution >= 0.6 is 0 Å². The number of rotatable bonds is 4. The van der Waals surface area contributed by atoms with E-state index >= 15 is 0 Å². The molecule has 25 heavy (non-hydrogen) atoms. The molecule has 1 aliphatic carbocycles. The summed E-state index contributed by atoms with van der Waals surface area (Å²) in [5.41, 5.74) is 2.47. The van der Waals surface area contributed by atoms with Crippen LogP contribution in [0, 0.1) is 12.8 Å². The molecule has 1 aromatic carbocycles. The summed E-state index contributed by atoms with van der Waals surface area (Å²) in [7, 11) is 0. The third-order valence-corrected chi connectivity index (χ3v) is 5.00. The molecular formula is C20H25N3O2. The molecule has 2 unspecified atom stereocenters. The van der Waals surface area contributed by atoms with Crippen molar-refractivity contribution in [2.75, 3.05) is 0 Å². The van der Waals surface area contributed by atoms with E-state index in [1.54, 1.807) is 0 Å². The van der Waals surface area contributed by atoms with Crippen molar-refractivity contribution in [1.29, 1.82) is 0 Å². The number of hydrogen-bond donors (Lipinski definition) is 1. The molecule has 2 aromatic rings. The first-order chi connectivity index (χ1) is 12.0. The predicted octanol–water partition coefficient (Wildman–Crippen LogP) is 2.91. The topological polar surface area (TPSA) is 64.0 Å². The Morgan fingerprint density at radius 3 is 2.64 bits per heavy atom. The molecular weight excluding hydrogens is 314 g/mol. The van der Waals surface area contributed by atoms with E-state index in [1.807, 2.05) is 31.2 Å². The molecule has 1 heterocycles. The zero-order valence-electron chi connectivity index (χ0n) is 14.9. The Morgan fingerprint density at radius 1 is 1.24 bits per heavy atom. The zero-order valence-corrected chi connectivity index (χ0v) is 14.9. The van der Waals surface area contributed by atoms with Crippen molar-refractivity contribution in [1.82, 2.24) is 14.9 Å². The molecule has 0 spiro atoms. The normalized spacial score (nSPS) is 20.2. The molecule has 0 saturated heterocycles. The second-order valence-electron chi connectivity index (χ2n) is 7.04. The molecule has 1 aliphatic rings. The smallest absolute Gasteiger partial charge is 0.254 e. The van der Waals surface area contributed by atoms with Crippen LogP contribution in [-0.4, -0.2) is 21.5 Å². The molecule has 5 heteroatoms. The predicted molar refractivity (Wildman–Crippen MR) is 98.2 cm³/mol. The van der Waals surface area contributed by atoms with Crippen LogP contribution in [0.2, 0.25) is 0 Å². The van der Waals surface area contributed by atoms with Crippen molar-refractivity contribution in [2.45, 2.75) is 52.1 Å². The lowest BCUT2D eigenvalue weighted by Gasteiger charge is -2.29. The summed E-state index contributed by atoms with van der Waals surface area (Å²) in [6.45, 7) is 4.21. The van der Waals surface area contributed by atoms with E-state index in [4.69, 9.17) is 0 Å². The fraction of sp³-hybridized carbons (Fsp3) is 0.450. The van der Waals surface area contributed by atoms with E-state index in [0.717, 1.165) is 30.4 Å². The van der Waals surface area contributed by atoms with Gasteiger partial charge in [0.15, 0.2) is 0 Å². The zero-order chi connectivity index (χ0) is 17.8. The van der Waals surface area contributed by atoms with Gasteiger partial charge in [-0.2, -0.15) is 0 Å². The molecule has 1 fully saturated rings. The van der Waals surface area contributed by atoms with E-state index in [1.165, 1.54) is 23.4 Å². The van der Waals surface area contributed by atoms with Gasteiger partial charge in [0.05, 0.1) is 12.0 Å². The standard InChI is InChI=1S/C20H25N3O2/c1-14-7-9-16(10-8-14)18-11-20(25)23(13-21-18)12-19(24)22-17-6-4-3-5-15(17)2/h7-11,13,15,17H,3-6,12H2,1-2H3,(H,22,24). The average Bonchev–Trinajstić information content (AvgIpc) is 2.59. The van der Waals surface area contributed by atoms with Gasteiger partial charge in [0.2, 0.25) is 5.91 Å². The average molecular weight is 339 g/mol. The highest BCUT2D eigenvalue weighted by Gasteiger charge is 2.22. The monoisotopic (exact) mass is 339 g/mol. The minimum absolute atomic E-state index is 0.0171. The van der Waals surface area contributed by atoms with Crippen LogP contribution in [0.1, 0.15) is 38.2 Å². The third-order valence-electron chi connectivity index (χ3n) is 5.00. The van der Waals surface area contributed by atoms with Gasteiger partial charge < -0.3 is 5.32 Å². The minimum Gasteiger partial charge on any atom is -0.352 e. The van der Waals surface area contributed by atoms with Crippen LogP contribution in [0.25, 0.3) is 11.3 Å². The van der Waals surface area contributed by atoms with Crippen LogP contribution in [0.3, 0.4) is 0 Å². The SMILES string of the molecule is Cc1ccc(-c2cc(=O)n(CC(=O)NC3CCCCC3C)cn2)cc1. The van der Waals surface area contributed by atoms with Gasteiger partial charge in [-0.1, -0.05) is 49.6 Å². The van der Waals surface area contributed by atoms with Crippen LogP contribution in [0.15, 0.2) is 41.5 Å². The first-order valence-corrected chi connectivity index (χ1v) is 8.96. The maximum Gasteiger partial charge on any atom is 0.254 e. The van der Waals surface area contributed by atoms with Crippen molar-refractivity contribution in [3.05, 3.63) is 52.6 Å². The summed E-state index contributed by atoms with van der Waals surface area (Å²) in [6.07, 6.45) is 6.02. The van der Waals surface area contributed by atoms with Gasteiger partial charge in [0.1, 0.15) is 6.54 Å². The van der Waals surface area contributed by atoms with Gasteiger partial charge in [-0.25, -0.2) is 4.98 Å². The van der Waals surface area contributed by atoms with E-state index in [9.17, 15) is 9.59 Å². The maximum absolute atomic E-state index is 12.3. The molecule has 1 N–H and O–H groups in total. The van der Waals surface area contributed by atoms with E-state index in [0.29, 0.717) is 11.6 Å². The van der Waals surface area contributed by atoms with Crippen molar-refractivity contribution >= 4 is 5.91 Å². The van der Waals surface area contributed by atoms with Gasteiger partial charge in [-0.15, -0.1) is 0 Å². The van der Waals surface area contributed by atoms with Crippen LogP contribution < -0.4 is 10.9 Å². The number of benzene rings is 1. The number of hydrogen-bond acceptors (Lipinski definition) is 3. The lowest BCUT2D eigenvalue weighted by Crippen LogP contribution is -2.43. The van der Waals surface area contributed by atoms with Gasteiger partial charge in [0.25, 0.3) is 5.56 Å². The Bertz CT molecular complexity index is 795. The fourth-order valence-electron chi connectivity index (χ4n) is 3.36. The molecule has 1 saturated carbocycles. The summed E-state index contributed by atoms with van der Waals surface area (Å²) in [5.74, 6) is 0.377. The molecule has 0 radical (unpaired) electrons. The highest BCUT2D eigenvalue weighted by Crippen LogP contribution is 2.23. The van der Waals surface area contributed by atoms with Crippen LogP contribution in [0.5, 0.6) is 0 Å². The summed E-state index contributed by atoms with van der Waals surface area (Å²) in [5, 5.41) is 3.07. The highest BCUT2D eigenvalue weighted by molar-refractivity contribution is 5.76. The summed E-state index contributed by atoms with van der Waals surface area (Å²) < 4.78 is 1.36. The second-order valence-corrected chi connectivity index (χ2v) is 7.04. The third kappa shape index (κ3) is 4.35. The molecule has 1 aromatic heterocycles. The Kier molecular flexibility index (Phi) is 5.31. The van der Waals surface area contributed by atoms with Crippen LogP contribution in [0.4, 0.5) is 0 Å². The Hall–Kier alpha value is -2.43. The number of aromatic nitrogens is 2. The number of nitrogens with one attached hydrogen (secondary N) is 1.